The molecule has 1 aromatic carbocycles. The predicted octanol–water partition coefficient (Wildman–Crippen LogP) is 2.07. The number of methoxy groups -OCH3 is 1. The summed E-state index contributed by atoms with van der Waals surface area (Å²) in [5.74, 6) is 0.504. The van der Waals surface area contributed by atoms with Gasteiger partial charge in [-0.15, -0.1) is 12.4 Å². The lowest BCUT2D eigenvalue weighted by molar-refractivity contribution is -0.384. The minimum Gasteiger partial charge on any atom is -0.494 e. The smallest absolute Gasteiger partial charge is 0.273 e. The maximum atomic E-state index is 10.5. The number of rotatable bonds is 3. The van der Waals surface area contributed by atoms with E-state index >= 15 is 0 Å². The Kier molecular flexibility index (Phi) is 7.86. The van der Waals surface area contributed by atoms with Crippen molar-refractivity contribution in [3.63, 3.8) is 0 Å². The van der Waals surface area contributed by atoms with Gasteiger partial charge in [-0.2, -0.15) is 0 Å². The number of benzene rings is 1. The van der Waals surface area contributed by atoms with Crippen molar-refractivity contribution in [1.29, 1.82) is 0 Å². The van der Waals surface area contributed by atoms with Crippen molar-refractivity contribution >= 4 is 23.8 Å². The monoisotopic (exact) mass is 289 g/mol. The maximum Gasteiger partial charge on any atom is 0.273 e. The fourth-order valence-electron chi connectivity index (χ4n) is 1.33. The molecule has 19 heavy (non-hydrogen) atoms. The van der Waals surface area contributed by atoms with Crippen LogP contribution in [0.2, 0.25) is 0 Å². The molecule has 108 valence electrons. The van der Waals surface area contributed by atoms with Gasteiger partial charge in [0.1, 0.15) is 5.75 Å². The molecular formula is C12H20ClN3O3. The summed E-state index contributed by atoms with van der Waals surface area (Å²) in [6.07, 6.45) is 1.39. The standard InChI is InChI=1S/C9H12N2O3.C3H7N.ClH/c1-10(2)8-5-4-7(11(12)13)6-9(8)14-3;1-2-4-3-1;/h4-6H,1-3H3;4H,1-3H2;1H. The molecule has 0 aromatic heterocycles. The average molecular weight is 290 g/mol. The number of hydrogen-bond donors (Lipinski definition) is 1. The van der Waals surface area contributed by atoms with Gasteiger partial charge in [0, 0.05) is 20.2 Å². The largest absolute Gasteiger partial charge is 0.494 e. The van der Waals surface area contributed by atoms with Crippen LogP contribution in [0.25, 0.3) is 0 Å². The van der Waals surface area contributed by atoms with E-state index in [4.69, 9.17) is 4.74 Å². The summed E-state index contributed by atoms with van der Waals surface area (Å²) in [6.45, 7) is 2.50. The van der Waals surface area contributed by atoms with Crippen molar-refractivity contribution in [2.75, 3.05) is 39.2 Å². The zero-order valence-corrected chi connectivity index (χ0v) is 12.2. The van der Waals surface area contributed by atoms with E-state index in [1.165, 1.54) is 38.8 Å². The van der Waals surface area contributed by atoms with Gasteiger partial charge in [0.2, 0.25) is 0 Å². The van der Waals surface area contributed by atoms with E-state index < -0.39 is 4.92 Å². The maximum absolute atomic E-state index is 10.5. The number of nitrogens with one attached hydrogen (secondary N) is 1. The van der Waals surface area contributed by atoms with E-state index in [-0.39, 0.29) is 18.1 Å². The number of anilines is 1. The lowest BCUT2D eigenvalue weighted by atomic mass is 10.2. The summed E-state index contributed by atoms with van der Waals surface area (Å²) in [5.41, 5.74) is 0.852. The quantitative estimate of drug-likeness (QED) is 0.681. The second-order valence-corrected chi connectivity index (χ2v) is 4.11. The molecule has 1 N–H and O–H groups in total. The first kappa shape index (κ1) is 17.5. The molecule has 1 aliphatic rings. The number of nitro groups is 1. The van der Waals surface area contributed by atoms with Crippen LogP contribution in [0.3, 0.4) is 0 Å². The van der Waals surface area contributed by atoms with Gasteiger partial charge in [0.15, 0.2) is 0 Å². The van der Waals surface area contributed by atoms with Gasteiger partial charge in [-0.25, -0.2) is 0 Å². The molecule has 1 fully saturated rings. The van der Waals surface area contributed by atoms with Crippen LogP contribution in [0.1, 0.15) is 6.42 Å². The Labute approximate surface area is 119 Å². The highest BCUT2D eigenvalue weighted by Gasteiger charge is 2.11. The van der Waals surface area contributed by atoms with Crippen LogP contribution in [0.15, 0.2) is 18.2 Å². The summed E-state index contributed by atoms with van der Waals surface area (Å²) in [7, 11) is 5.19. The van der Waals surface area contributed by atoms with E-state index in [0.29, 0.717) is 5.75 Å². The Morgan fingerprint density at radius 2 is 1.89 bits per heavy atom. The van der Waals surface area contributed by atoms with Gasteiger partial charge in [0.05, 0.1) is 23.8 Å². The second kappa shape index (κ2) is 8.55. The molecule has 0 saturated carbocycles. The highest BCUT2D eigenvalue weighted by Crippen LogP contribution is 2.30. The van der Waals surface area contributed by atoms with Crippen molar-refractivity contribution < 1.29 is 9.66 Å². The lowest BCUT2D eigenvalue weighted by Crippen LogP contribution is -2.29. The molecule has 1 aliphatic heterocycles. The van der Waals surface area contributed by atoms with Crippen molar-refractivity contribution in [2.45, 2.75) is 6.42 Å². The van der Waals surface area contributed by atoms with Crippen LogP contribution < -0.4 is 15.0 Å². The van der Waals surface area contributed by atoms with Gasteiger partial charge in [-0.1, -0.05) is 0 Å². The molecule has 1 aromatic rings. The third-order valence-electron chi connectivity index (χ3n) is 2.56. The minimum absolute atomic E-state index is 0. The molecule has 0 radical (unpaired) electrons. The van der Waals surface area contributed by atoms with Crippen LogP contribution in [0.5, 0.6) is 5.75 Å². The number of ether oxygens (including phenoxy) is 1. The Bertz CT molecular complexity index is 405. The fourth-order valence-corrected chi connectivity index (χ4v) is 1.33. The van der Waals surface area contributed by atoms with Gasteiger partial charge < -0.3 is 15.0 Å². The topological polar surface area (TPSA) is 67.6 Å². The van der Waals surface area contributed by atoms with E-state index in [0.717, 1.165) is 5.69 Å². The lowest BCUT2D eigenvalue weighted by Gasteiger charge is -2.15. The number of halogens is 1. The summed E-state index contributed by atoms with van der Waals surface area (Å²) in [4.78, 5) is 11.9. The van der Waals surface area contributed by atoms with E-state index in [1.807, 2.05) is 19.0 Å². The van der Waals surface area contributed by atoms with E-state index in [2.05, 4.69) is 5.32 Å². The third kappa shape index (κ3) is 5.32. The predicted molar refractivity (Wildman–Crippen MR) is 78.7 cm³/mol. The van der Waals surface area contributed by atoms with Crippen molar-refractivity contribution in [3.8, 4) is 5.75 Å². The molecule has 0 bridgehead atoms. The highest BCUT2D eigenvalue weighted by molar-refractivity contribution is 5.85. The van der Waals surface area contributed by atoms with Crippen LogP contribution in [0.4, 0.5) is 11.4 Å². The third-order valence-corrected chi connectivity index (χ3v) is 2.56. The normalized spacial score (nSPS) is 12.2. The zero-order valence-electron chi connectivity index (χ0n) is 11.4. The first-order valence-electron chi connectivity index (χ1n) is 5.76. The number of hydrogen-bond acceptors (Lipinski definition) is 5. The molecule has 0 unspecified atom stereocenters. The van der Waals surface area contributed by atoms with E-state index in [1.54, 1.807) is 6.07 Å². The van der Waals surface area contributed by atoms with Crippen LogP contribution in [-0.4, -0.2) is 39.2 Å². The van der Waals surface area contributed by atoms with Gasteiger partial charge >= 0.3 is 0 Å². The molecular weight excluding hydrogens is 270 g/mol. The van der Waals surface area contributed by atoms with Gasteiger partial charge in [0.25, 0.3) is 5.69 Å². The van der Waals surface area contributed by atoms with Crippen molar-refractivity contribution in [1.82, 2.24) is 5.32 Å². The van der Waals surface area contributed by atoms with Crippen LogP contribution in [-0.2, 0) is 0 Å². The first-order valence-corrected chi connectivity index (χ1v) is 5.76. The molecule has 6 nitrogen and oxygen atoms in total. The van der Waals surface area contributed by atoms with Crippen LogP contribution >= 0.6 is 12.4 Å². The molecule has 2 rings (SSSR count). The molecule has 0 aliphatic carbocycles. The average Bonchev–Trinajstić information content (AvgIpc) is 2.25. The fraction of sp³-hybridized carbons (Fsp3) is 0.500. The SMILES string of the molecule is C1CNC1.COc1cc([N+](=O)[O-])ccc1N(C)C.Cl. The number of nitro benzene ring substituents is 1. The van der Waals surface area contributed by atoms with Crippen molar-refractivity contribution in [2.24, 2.45) is 0 Å². The Hall–Kier alpha value is -1.53. The molecule has 1 heterocycles. The Balaban J connectivity index is 0.000000552. The summed E-state index contributed by atoms with van der Waals surface area (Å²) < 4.78 is 5.05. The number of nitrogens with zero attached hydrogens (tertiary/aromatic N) is 2. The molecule has 1 saturated heterocycles. The minimum atomic E-state index is -0.443. The van der Waals surface area contributed by atoms with E-state index in [9.17, 15) is 10.1 Å². The Morgan fingerprint density at radius 3 is 2.21 bits per heavy atom. The molecule has 0 amide bonds. The van der Waals surface area contributed by atoms with Crippen LogP contribution in [0, 0.1) is 10.1 Å². The first-order chi connectivity index (χ1) is 8.56. The molecule has 0 atom stereocenters. The van der Waals surface area contributed by atoms with Gasteiger partial charge in [-0.05, 0) is 25.6 Å². The van der Waals surface area contributed by atoms with Gasteiger partial charge in [-0.3, -0.25) is 10.1 Å². The summed E-state index contributed by atoms with van der Waals surface area (Å²) >= 11 is 0. The zero-order chi connectivity index (χ0) is 13.5. The molecule has 7 heteroatoms. The second-order valence-electron chi connectivity index (χ2n) is 4.11. The highest BCUT2D eigenvalue weighted by atomic mass is 35.5. The number of non-ortho nitro benzene ring substituents is 1. The Morgan fingerprint density at radius 1 is 1.37 bits per heavy atom. The summed E-state index contributed by atoms with van der Waals surface area (Å²) in [5, 5.41) is 13.6. The van der Waals surface area contributed by atoms with Crippen molar-refractivity contribution in [3.05, 3.63) is 28.3 Å². The summed E-state index contributed by atoms with van der Waals surface area (Å²) in [6, 6.07) is 4.53. The molecule has 0 spiro atoms.